The predicted octanol–water partition coefficient (Wildman–Crippen LogP) is 5.01. The number of phenols is 1. The van der Waals surface area contributed by atoms with Crippen LogP contribution in [0.5, 0.6) is 11.5 Å². The number of hydrogen-bond donors (Lipinski definition) is 2. The average Bonchev–Trinajstić information content (AvgIpc) is 2.47. The van der Waals surface area contributed by atoms with Crippen molar-refractivity contribution in [1.82, 2.24) is 0 Å². The highest BCUT2D eigenvalue weighted by Gasteiger charge is 2.08. The third-order valence-electron chi connectivity index (χ3n) is 3.17. The molecule has 2 aromatic rings. The third kappa shape index (κ3) is 4.30. The first-order chi connectivity index (χ1) is 10.1. The summed E-state index contributed by atoms with van der Waals surface area (Å²) in [6.45, 7) is 4.78. The van der Waals surface area contributed by atoms with Crippen molar-refractivity contribution in [3.8, 4) is 11.5 Å². The zero-order valence-electron chi connectivity index (χ0n) is 12.3. The zero-order valence-corrected chi connectivity index (χ0v) is 13.0. The highest BCUT2D eigenvalue weighted by molar-refractivity contribution is 6.32. The van der Waals surface area contributed by atoms with Gasteiger partial charge >= 0.3 is 0 Å². The lowest BCUT2D eigenvalue weighted by atomic mass is 10.1. The number of halogens is 1. The van der Waals surface area contributed by atoms with E-state index >= 15 is 0 Å². The Labute approximate surface area is 130 Å². The topological polar surface area (TPSA) is 41.5 Å². The Morgan fingerprint density at radius 1 is 1.19 bits per heavy atom. The molecular weight excluding hydrogens is 286 g/mol. The first-order valence-corrected chi connectivity index (χ1v) is 7.45. The number of hydrogen-bond acceptors (Lipinski definition) is 3. The quantitative estimate of drug-likeness (QED) is 0.788. The number of phenolic OH excluding ortho intramolecular Hbond substituents is 1. The van der Waals surface area contributed by atoms with E-state index in [1.54, 1.807) is 12.1 Å². The summed E-state index contributed by atoms with van der Waals surface area (Å²) < 4.78 is 5.56. The van der Waals surface area contributed by atoms with Gasteiger partial charge in [0.15, 0.2) is 0 Å². The lowest BCUT2D eigenvalue weighted by Gasteiger charge is -2.17. The van der Waals surface area contributed by atoms with Gasteiger partial charge < -0.3 is 15.2 Å². The first kappa shape index (κ1) is 15.5. The minimum atomic E-state index is 0.115. The monoisotopic (exact) mass is 305 g/mol. The van der Waals surface area contributed by atoms with Gasteiger partial charge in [0.1, 0.15) is 11.5 Å². The molecule has 0 bridgehead atoms. The minimum Gasteiger partial charge on any atom is -0.508 e. The molecule has 0 radical (unpaired) electrons. The number of nitrogens with one attached hydrogen (secondary N) is 1. The number of ether oxygens (including phenoxy) is 1. The lowest BCUT2D eigenvalue weighted by molar-refractivity contribution is 0.317. The van der Waals surface area contributed by atoms with E-state index in [0.717, 1.165) is 17.7 Å². The predicted molar refractivity (Wildman–Crippen MR) is 87.4 cm³/mol. The second-order valence-electron chi connectivity index (χ2n) is 4.95. The Bertz CT molecular complexity index is 584. The van der Waals surface area contributed by atoms with Crippen LogP contribution in [0.4, 0.5) is 5.69 Å². The molecule has 2 rings (SSSR count). The molecule has 0 aliphatic rings. The van der Waals surface area contributed by atoms with Crippen molar-refractivity contribution in [1.29, 1.82) is 0 Å². The van der Waals surface area contributed by atoms with Gasteiger partial charge in [-0.15, -0.1) is 0 Å². The van der Waals surface area contributed by atoms with Gasteiger partial charge in [0.2, 0.25) is 0 Å². The van der Waals surface area contributed by atoms with Crippen molar-refractivity contribution in [2.24, 2.45) is 0 Å². The van der Waals surface area contributed by atoms with E-state index in [0.29, 0.717) is 17.4 Å². The van der Waals surface area contributed by atoms with Gasteiger partial charge in [-0.2, -0.15) is 0 Å². The number of aromatic hydroxyl groups is 1. The molecule has 4 heteroatoms. The van der Waals surface area contributed by atoms with Gasteiger partial charge in [-0.1, -0.05) is 30.7 Å². The highest BCUT2D eigenvalue weighted by atomic mass is 35.5. The second-order valence-corrected chi connectivity index (χ2v) is 5.36. The summed E-state index contributed by atoms with van der Waals surface area (Å²) in [5.74, 6) is 0.979. The Morgan fingerprint density at radius 2 is 1.90 bits per heavy atom. The fraction of sp³-hybridized carbons (Fsp3) is 0.294. The van der Waals surface area contributed by atoms with Crippen molar-refractivity contribution in [2.75, 3.05) is 11.9 Å². The van der Waals surface area contributed by atoms with Crippen molar-refractivity contribution >= 4 is 17.3 Å². The SMILES string of the molecule is CCCOc1ccc(NC(C)c2ccc(O)cc2)cc1Cl. The van der Waals surface area contributed by atoms with Gasteiger partial charge in [0.25, 0.3) is 0 Å². The van der Waals surface area contributed by atoms with Crippen molar-refractivity contribution in [3.63, 3.8) is 0 Å². The maximum Gasteiger partial charge on any atom is 0.138 e. The fourth-order valence-corrected chi connectivity index (χ4v) is 2.25. The largest absolute Gasteiger partial charge is 0.508 e. The average molecular weight is 306 g/mol. The van der Waals surface area contributed by atoms with Gasteiger partial charge in [-0.05, 0) is 49.2 Å². The summed E-state index contributed by atoms with van der Waals surface area (Å²) in [6.07, 6.45) is 0.953. The van der Waals surface area contributed by atoms with E-state index in [2.05, 4.69) is 19.2 Å². The number of benzene rings is 2. The Morgan fingerprint density at radius 3 is 2.52 bits per heavy atom. The van der Waals surface area contributed by atoms with Crippen molar-refractivity contribution < 1.29 is 9.84 Å². The molecule has 0 saturated carbocycles. The molecule has 1 atom stereocenters. The molecule has 0 spiro atoms. The molecule has 0 amide bonds. The summed E-state index contributed by atoms with van der Waals surface area (Å²) in [6, 6.07) is 13.0. The van der Waals surface area contributed by atoms with Gasteiger partial charge in [0, 0.05) is 11.7 Å². The molecule has 0 aliphatic carbocycles. The summed E-state index contributed by atoms with van der Waals surface area (Å²) >= 11 is 6.22. The summed E-state index contributed by atoms with van der Waals surface area (Å²) in [7, 11) is 0. The molecule has 2 N–H and O–H groups in total. The lowest BCUT2D eigenvalue weighted by Crippen LogP contribution is -2.06. The zero-order chi connectivity index (χ0) is 15.2. The van der Waals surface area contributed by atoms with E-state index in [9.17, 15) is 5.11 Å². The van der Waals surface area contributed by atoms with Crippen molar-refractivity contribution in [2.45, 2.75) is 26.3 Å². The van der Waals surface area contributed by atoms with Crippen molar-refractivity contribution in [3.05, 3.63) is 53.1 Å². The van der Waals surface area contributed by atoms with Crippen LogP contribution in [0.15, 0.2) is 42.5 Å². The number of rotatable bonds is 6. The molecule has 2 aromatic carbocycles. The molecule has 21 heavy (non-hydrogen) atoms. The molecule has 0 aromatic heterocycles. The molecule has 0 fully saturated rings. The molecule has 0 heterocycles. The van der Waals surface area contributed by atoms with Crippen LogP contribution in [0.3, 0.4) is 0 Å². The van der Waals surface area contributed by atoms with Crippen LogP contribution in [-0.4, -0.2) is 11.7 Å². The smallest absolute Gasteiger partial charge is 0.138 e. The summed E-state index contributed by atoms with van der Waals surface area (Å²) in [4.78, 5) is 0. The van der Waals surface area contributed by atoms with E-state index in [1.807, 2.05) is 30.3 Å². The van der Waals surface area contributed by atoms with Crippen LogP contribution in [-0.2, 0) is 0 Å². The van der Waals surface area contributed by atoms with Crippen LogP contribution in [0.1, 0.15) is 31.9 Å². The molecule has 112 valence electrons. The summed E-state index contributed by atoms with van der Waals surface area (Å²) in [5.41, 5.74) is 2.03. The molecule has 0 saturated heterocycles. The van der Waals surface area contributed by atoms with E-state index in [1.165, 1.54) is 0 Å². The second kappa shape index (κ2) is 7.23. The Hall–Kier alpha value is -1.87. The standard InChI is InChI=1S/C17H20ClNO2/c1-3-10-21-17-9-6-14(11-16(17)18)19-12(2)13-4-7-15(20)8-5-13/h4-9,11-12,19-20H,3,10H2,1-2H3. The van der Waals surface area contributed by atoms with Crippen LogP contribution < -0.4 is 10.1 Å². The van der Waals surface area contributed by atoms with Gasteiger partial charge in [0.05, 0.1) is 11.6 Å². The minimum absolute atomic E-state index is 0.115. The van der Waals surface area contributed by atoms with Crippen LogP contribution in [0.25, 0.3) is 0 Å². The molecule has 3 nitrogen and oxygen atoms in total. The van der Waals surface area contributed by atoms with Gasteiger partial charge in [-0.3, -0.25) is 0 Å². The fourth-order valence-electron chi connectivity index (χ4n) is 2.02. The maximum atomic E-state index is 9.31. The molecule has 0 aliphatic heterocycles. The third-order valence-corrected chi connectivity index (χ3v) is 3.47. The molecular formula is C17H20ClNO2. The Balaban J connectivity index is 2.05. The number of anilines is 1. The van der Waals surface area contributed by atoms with Gasteiger partial charge in [-0.25, -0.2) is 0 Å². The maximum absolute atomic E-state index is 9.31. The van der Waals surface area contributed by atoms with Crippen LogP contribution >= 0.6 is 11.6 Å². The molecule has 1 unspecified atom stereocenters. The normalized spacial score (nSPS) is 12.0. The van der Waals surface area contributed by atoms with Crippen LogP contribution in [0.2, 0.25) is 5.02 Å². The highest BCUT2D eigenvalue weighted by Crippen LogP contribution is 2.29. The summed E-state index contributed by atoms with van der Waals surface area (Å²) in [5, 5.41) is 13.3. The first-order valence-electron chi connectivity index (χ1n) is 7.08. The Kier molecular flexibility index (Phi) is 5.34. The van der Waals surface area contributed by atoms with Crippen LogP contribution in [0, 0.1) is 0 Å². The van der Waals surface area contributed by atoms with E-state index < -0.39 is 0 Å². The van der Waals surface area contributed by atoms with E-state index in [4.69, 9.17) is 16.3 Å². The van der Waals surface area contributed by atoms with E-state index in [-0.39, 0.29) is 11.8 Å².